The Morgan fingerprint density at radius 1 is 1.05 bits per heavy atom. The van der Waals surface area contributed by atoms with E-state index >= 15 is 0 Å². The number of hydrogen-bond acceptors (Lipinski definition) is 4. The topological polar surface area (TPSA) is 62.6 Å². The van der Waals surface area contributed by atoms with Crippen LogP contribution in [0.5, 0.6) is 11.6 Å². The number of pyridine rings is 1. The molecule has 0 aliphatic carbocycles. The minimum atomic E-state index is -1.61. The Balaban J connectivity index is 2.41. The Morgan fingerprint density at radius 3 is 2.40 bits per heavy atom. The van der Waals surface area contributed by atoms with Gasteiger partial charge in [-0.1, -0.05) is 45.0 Å². The maximum atomic E-state index is 9.35. The number of nitrogens with zero attached hydrogens (tertiary/aromatic N) is 1. The summed E-state index contributed by atoms with van der Waals surface area (Å²) in [4.78, 5) is 4.08. The van der Waals surface area contributed by atoms with Crippen LogP contribution in [0.25, 0.3) is 0 Å². The molecule has 0 unspecified atom stereocenters. The summed E-state index contributed by atoms with van der Waals surface area (Å²) in [5, 5.41) is 18.7. The van der Waals surface area contributed by atoms with E-state index < -0.39 is 7.12 Å². The van der Waals surface area contributed by atoms with Crippen LogP contribution < -0.4 is 10.2 Å². The maximum Gasteiger partial charge on any atom is 0.494 e. The summed E-state index contributed by atoms with van der Waals surface area (Å²) in [6, 6.07) is 10.9. The fourth-order valence-corrected chi connectivity index (χ4v) is 1.96. The molecule has 1 heterocycles. The molecule has 1 aromatic heterocycles. The third-order valence-corrected chi connectivity index (χ3v) is 2.98. The average Bonchev–Trinajstić information content (AvgIpc) is 2.38. The lowest BCUT2D eigenvalue weighted by Crippen LogP contribution is -2.31. The number of para-hydroxylation sites is 1. The average molecular weight is 271 g/mol. The van der Waals surface area contributed by atoms with Crippen LogP contribution in [-0.4, -0.2) is 22.2 Å². The quantitative estimate of drug-likeness (QED) is 0.836. The van der Waals surface area contributed by atoms with Gasteiger partial charge in [-0.2, -0.15) is 0 Å². The molecule has 2 N–H and O–H groups in total. The number of rotatable bonds is 3. The molecule has 2 rings (SSSR count). The van der Waals surface area contributed by atoms with Gasteiger partial charge in [-0.25, -0.2) is 4.98 Å². The zero-order chi connectivity index (χ0) is 14.8. The lowest BCUT2D eigenvalue weighted by molar-refractivity contribution is 0.414. The van der Waals surface area contributed by atoms with Gasteiger partial charge >= 0.3 is 7.12 Å². The monoisotopic (exact) mass is 271 g/mol. The minimum absolute atomic E-state index is 0.0800. The zero-order valence-corrected chi connectivity index (χ0v) is 11.9. The standard InChI is InChI=1S/C15H18BNO3/c1-15(2,3)11-7-4-5-9-13(11)20-14-12(16(18)19)8-6-10-17-14/h4-10,18-19H,1-3H3. The molecule has 0 aliphatic rings. The van der Waals surface area contributed by atoms with Crippen molar-refractivity contribution in [2.45, 2.75) is 26.2 Å². The first-order valence-corrected chi connectivity index (χ1v) is 6.48. The molecule has 0 aliphatic heterocycles. The van der Waals surface area contributed by atoms with E-state index in [1.54, 1.807) is 18.3 Å². The first-order chi connectivity index (χ1) is 9.39. The van der Waals surface area contributed by atoms with E-state index in [1.807, 2.05) is 24.3 Å². The van der Waals surface area contributed by atoms with Gasteiger partial charge in [-0.15, -0.1) is 0 Å². The highest BCUT2D eigenvalue weighted by Crippen LogP contribution is 2.32. The Labute approximate surface area is 119 Å². The second-order valence-corrected chi connectivity index (χ2v) is 5.62. The predicted octanol–water partition coefficient (Wildman–Crippen LogP) is 1.85. The molecule has 0 saturated heterocycles. The second-order valence-electron chi connectivity index (χ2n) is 5.62. The van der Waals surface area contributed by atoms with Gasteiger partial charge in [0.05, 0.1) is 0 Å². The molecule has 104 valence electrons. The van der Waals surface area contributed by atoms with E-state index in [2.05, 4.69) is 25.8 Å². The molecule has 5 heteroatoms. The molecule has 4 nitrogen and oxygen atoms in total. The van der Waals surface area contributed by atoms with Gasteiger partial charge in [0.1, 0.15) is 5.75 Å². The van der Waals surface area contributed by atoms with Crippen LogP contribution in [0.3, 0.4) is 0 Å². The largest absolute Gasteiger partial charge is 0.494 e. The zero-order valence-electron chi connectivity index (χ0n) is 11.9. The highest BCUT2D eigenvalue weighted by atomic mass is 16.5. The van der Waals surface area contributed by atoms with Crippen LogP contribution in [0.15, 0.2) is 42.6 Å². The fraction of sp³-hybridized carbons (Fsp3) is 0.267. The van der Waals surface area contributed by atoms with Crippen LogP contribution in [0, 0.1) is 0 Å². The second kappa shape index (κ2) is 5.65. The van der Waals surface area contributed by atoms with Crippen molar-refractivity contribution < 1.29 is 14.8 Å². The molecule has 1 aromatic carbocycles. The van der Waals surface area contributed by atoms with E-state index in [-0.39, 0.29) is 16.8 Å². The summed E-state index contributed by atoms with van der Waals surface area (Å²) in [6.07, 6.45) is 1.56. The van der Waals surface area contributed by atoms with E-state index in [0.717, 1.165) is 5.56 Å². The summed E-state index contributed by atoms with van der Waals surface area (Å²) >= 11 is 0. The molecule has 0 saturated carbocycles. The third-order valence-electron chi connectivity index (χ3n) is 2.98. The van der Waals surface area contributed by atoms with Gasteiger partial charge in [-0.3, -0.25) is 0 Å². The number of benzene rings is 1. The molecule has 0 spiro atoms. The van der Waals surface area contributed by atoms with E-state index in [1.165, 1.54) is 0 Å². The predicted molar refractivity (Wildman–Crippen MR) is 79.3 cm³/mol. The van der Waals surface area contributed by atoms with Crippen LogP contribution >= 0.6 is 0 Å². The smallest absolute Gasteiger partial charge is 0.439 e. The van der Waals surface area contributed by atoms with Crippen molar-refractivity contribution in [2.75, 3.05) is 0 Å². The highest BCUT2D eigenvalue weighted by molar-refractivity contribution is 6.59. The van der Waals surface area contributed by atoms with Gasteiger partial charge in [0.15, 0.2) is 0 Å². The molecular weight excluding hydrogens is 253 g/mol. The lowest BCUT2D eigenvalue weighted by Gasteiger charge is -2.22. The van der Waals surface area contributed by atoms with E-state index in [0.29, 0.717) is 5.75 Å². The molecule has 2 aromatic rings. The van der Waals surface area contributed by atoms with Crippen molar-refractivity contribution >= 4 is 12.6 Å². The van der Waals surface area contributed by atoms with Crippen molar-refractivity contribution in [1.29, 1.82) is 0 Å². The summed E-state index contributed by atoms with van der Waals surface area (Å²) < 4.78 is 5.80. The van der Waals surface area contributed by atoms with Gasteiger partial charge in [-0.05, 0) is 17.5 Å². The first-order valence-electron chi connectivity index (χ1n) is 6.48. The van der Waals surface area contributed by atoms with Crippen molar-refractivity contribution in [2.24, 2.45) is 0 Å². The van der Waals surface area contributed by atoms with Gasteiger partial charge in [0.25, 0.3) is 0 Å². The van der Waals surface area contributed by atoms with Gasteiger partial charge < -0.3 is 14.8 Å². The summed E-state index contributed by atoms with van der Waals surface area (Å²) in [6.45, 7) is 6.28. The lowest BCUT2D eigenvalue weighted by atomic mass is 9.81. The molecule has 0 bridgehead atoms. The SMILES string of the molecule is CC(C)(C)c1ccccc1Oc1ncccc1B(O)O. The van der Waals surface area contributed by atoms with Crippen molar-refractivity contribution in [3.05, 3.63) is 48.2 Å². The normalized spacial score (nSPS) is 11.2. The van der Waals surface area contributed by atoms with E-state index in [4.69, 9.17) is 4.74 Å². The molecule has 0 radical (unpaired) electrons. The summed E-state index contributed by atoms with van der Waals surface area (Å²) in [5.74, 6) is 0.875. The summed E-state index contributed by atoms with van der Waals surface area (Å²) in [7, 11) is -1.61. The van der Waals surface area contributed by atoms with Crippen molar-refractivity contribution in [1.82, 2.24) is 4.98 Å². The molecule has 0 fully saturated rings. The number of hydrogen-bond donors (Lipinski definition) is 2. The number of aromatic nitrogens is 1. The maximum absolute atomic E-state index is 9.35. The van der Waals surface area contributed by atoms with Crippen LogP contribution in [0.2, 0.25) is 0 Å². The molecular formula is C15H18BNO3. The van der Waals surface area contributed by atoms with Gasteiger partial charge in [0.2, 0.25) is 5.88 Å². The van der Waals surface area contributed by atoms with Crippen LogP contribution in [0.1, 0.15) is 26.3 Å². The van der Waals surface area contributed by atoms with E-state index in [9.17, 15) is 10.0 Å². The molecule has 20 heavy (non-hydrogen) atoms. The number of ether oxygens (including phenoxy) is 1. The van der Waals surface area contributed by atoms with Crippen LogP contribution in [0.4, 0.5) is 0 Å². The van der Waals surface area contributed by atoms with Crippen molar-refractivity contribution in [3.63, 3.8) is 0 Å². The van der Waals surface area contributed by atoms with Crippen LogP contribution in [-0.2, 0) is 5.41 Å². The minimum Gasteiger partial charge on any atom is -0.439 e. The Kier molecular flexibility index (Phi) is 4.11. The fourth-order valence-electron chi connectivity index (χ4n) is 1.96. The first kappa shape index (κ1) is 14.6. The Morgan fingerprint density at radius 2 is 1.75 bits per heavy atom. The Bertz CT molecular complexity index is 594. The highest BCUT2D eigenvalue weighted by Gasteiger charge is 2.22. The third kappa shape index (κ3) is 3.18. The van der Waals surface area contributed by atoms with Gasteiger partial charge in [0, 0.05) is 17.2 Å². The molecule has 0 atom stereocenters. The van der Waals surface area contributed by atoms with Crippen molar-refractivity contribution in [3.8, 4) is 11.6 Å². The molecule has 0 amide bonds. The Hall–Kier alpha value is -1.85. The summed E-state index contributed by atoms with van der Waals surface area (Å²) in [5.41, 5.74) is 1.20.